The highest BCUT2D eigenvalue weighted by Gasteiger charge is 2.29. The van der Waals surface area contributed by atoms with Gasteiger partial charge in [-0.05, 0) is 68.2 Å². The number of hydrogen-bond donors (Lipinski definition) is 0. The summed E-state index contributed by atoms with van der Waals surface area (Å²) in [4.78, 5) is 22.7. The van der Waals surface area contributed by atoms with Crippen LogP contribution >= 0.6 is 11.3 Å². The first-order valence-corrected chi connectivity index (χ1v) is 15.1. The van der Waals surface area contributed by atoms with Crippen LogP contribution in [-0.2, 0) is 10.0 Å². The summed E-state index contributed by atoms with van der Waals surface area (Å²) in [5.74, 6) is 0.995. The van der Waals surface area contributed by atoms with Crippen molar-refractivity contribution in [2.45, 2.75) is 38.5 Å². The number of fused-ring (bicyclic) bond motifs is 1. The molecule has 4 rings (SSSR count). The molecule has 0 aliphatic carbocycles. The van der Waals surface area contributed by atoms with Gasteiger partial charge in [0.05, 0.1) is 16.7 Å². The molecule has 0 bridgehead atoms. The second-order valence-electron chi connectivity index (χ2n) is 9.40. The predicted octanol–water partition coefficient (Wildman–Crippen LogP) is 4.71. The Morgan fingerprint density at radius 1 is 1.08 bits per heavy atom. The molecule has 0 atom stereocenters. The van der Waals surface area contributed by atoms with Crippen LogP contribution in [0.15, 0.2) is 47.4 Å². The van der Waals surface area contributed by atoms with Crippen LogP contribution < -0.4 is 9.64 Å². The van der Waals surface area contributed by atoms with Crippen molar-refractivity contribution in [2.24, 2.45) is 5.92 Å². The van der Waals surface area contributed by atoms with Gasteiger partial charge in [0.25, 0.3) is 5.91 Å². The van der Waals surface area contributed by atoms with Gasteiger partial charge in [-0.25, -0.2) is 13.4 Å². The van der Waals surface area contributed by atoms with Gasteiger partial charge >= 0.3 is 0 Å². The summed E-state index contributed by atoms with van der Waals surface area (Å²) < 4.78 is 34.2. The molecular weight excluding hydrogens is 508 g/mol. The van der Waals surface area contributed by atoms with Crippen LogP contribution in [0.1, 0.15) is 44.0 Å². The Labute approximate surface area is 223 Å². The van der Waals surface area contributed by atoms with Crippen molar-refractivity contribution < 1.29 is 17.9 Å². The maximum Gasteiger partial charge on any atom is 0.260 e. The molecule has 1 aliphatic heterocycles. The van der Waals surface area contributed by atoms with Crippen molar-refractivity contribution in [3.8, 4) is 5.75 Å². The van der Waals surface area contributed by atoms with E-state index in [1.807, 2.05) is 18.2 Å². The van der Waals surface area contributed by atoms with E-state index in [2.05, 4.69) is 25.7 Å². The van der Waals surface area contributed by atoms with Crippen LogP contribution in [0.2, 0.25) is 0 Å². The monoisotopic (exact) mass is 544 g/mol. The minimum Gasteiger partial charge on any atom is -0.494 e. The van der Waals surface area contributed by atoms with E-state index in [1.54, 1.807) is 40.6 Å². The van der Waals surface area contributed by atoms with E-state index in [-0.39, 0.29) is 10.8 Å². The second kappa shape index (κ2) is 11.9. The van der Waals surface area contributed by atoms with Crippen molar-refractivity contribution in [3.63, 3.8) is 0 Å². The van der Waals surface area contributed by atoms with Crippen LogP contribution in [-0.4, -0.2) is 74.9 Å². The van der Waals surface area contributed by atoms with Gasteiger partial charge in [0.15, 0.2) is 5.13 Å². The lowest BCUT2D eigenvalue weighted by Gasteiger charge is -2.29. The Morgan fingerprint density at radius 2 is 1.76 bits per heavy atom. The first-order valence-electron chi connectivity index (χ1n) is 12.9. The van der Waals surface area contributed by atoms with Crippen molar-refractivity contribution in [1.82, 2.24) is 14.2 Å². The summed E-state index contributed by atoms with van der Waals surface area (Å²) in [5.41, 5.74) is 1.15. The van der Waals surface area contributed by atoms with Gasteiger partial charge in [0, 0.05) is 31.7 Å². The first kappa shape index (κ1) is 27.5. The largest absolute Gasteiger partial charge is 0.494 e. The zero-order valence-corrected chi connectivity index (χ0v) is 23.6. The minimum absolute atomic E-state index is 0.207. The van der Waals surface area contributed by atoms with Crippen molar-refractivity contribution in [3.05, 3.63) is 48.0 Å². The molecule has 3 aromatic rings. The number of rotatable bonds is 10. The number of benzene rings is 2. The molecule has 0 spiro atoms. The van der Waals surface area contributed by atoms with E-state index < -0.39 is 10.0 Å². The molecule has 37 heavy (non-hydrogen) atoms. The fraction of sp³-hybridized carbons (Fsp3) is 0.481. The minimum atomic E-state index is -3.58. The van der Waals surface area contributed by atoms with Crippen molar-refractivity contribution >= 4 is 42.6 Å². The van der Waals surface area contributed by atoms with Gasteiger partial charge in [0.1, 0.15) is 11.3 Å². The van der Waals surface area contributed by atoms with Crippen molar-refractivity contribution in [1.29, 1.82) is 0 Å². The number of carbonyl (C=O) groups is 1. The highest BCUT2D eigenvalue weighted by atomic mass is 32.2. The molecular formula is C27H36N4O4S2. The molecule has 1 aromatic heterocycles. The topological polar surface area (TPSA) is 83.1 Å². The Hall–Kier alpha value is -2.53. The number of anilines is 1. The number of thiazole rings is 1. The van der Waals surface area contributed by atoms with Crippen LogP contribution in [0, 0.1) is 5.92 Å². The van der Waals surface area contributed by atoms with Gasteiger partial charge in [-0.2, -0.15) is 4.31 Å². The lowest BCUT2D eigenvalue weighted by atomic mass is 10.0. The molecule has 0 saturated carbocycles. The third-order valence-electron chi connectivity index (χ3n) is 7.08. The smallest absolute Gasteiger partial charge is 0.260 e. The predicted molar refractivity (Wildman–Crippen MR) is 149 cm³/mol. The van der Waals surface area contributed by atoms with Gasteiger partial charge in [0.2, 0.25) is 10.0 Å². The van der Waals surface area contributed by atoms with Crippen LogP contribution in [0.4, 0.5) is 5.13 Å². The molecule has 10 heteroatoms. The molecule has 1 amide bonds. The standard InChI is InChI=1S/C27H36N4O4S2/c1-5-29(6-2)18-19-31(27-28-25-23(35-4)8-7-9-24(25)36-27)26(32)21-10-12-22(13-11-21)37(33,34)30-16-14-20(3)15-17-30/h7-13,20H,5-6,14-19H2,1-4H3. The summed E-state index contributed by atoms with van der Waals surface area (Å²) >= 11 is 1.44. The number of piperidine rings is 1. The quantitative estimate of drug-likeness (QED) is 0.368. The highest BCUT2D eigenvalue weighted by Crippen LogP contribution is 2.34. The molecule has 0 unspecified atom stereocenters. The Morgan fingerprint density at radius 3 is 2.38 bits per heavy atom. The number of hydrogen-bond acceptors (Lipinski definition) is 7. The van der Waals surface area contributed by atoms with E-state index in [1.165, 1.54) is 11.3 Å². The lowest BCUT2D eigenvalue weighted by molar-refractivity contribution is 0.0983. The average molecular weight is 545 g/mol. The third kappa shape index (κ3) is 5.98. The Kier molecular flexibility index (Phi) is 8.84. The van der Waals surface area contributed by atoms with Crippen LogP contribution in [0.3, 0.4) is 0 Å². The summed E-state index contributed by atoms with van der Waals surface area (Å²) in [6.07, 6.45) is 1.73. The van der Waals surface area contributed by atoms with Gasteiger partial charge in [-0.1, -0.05) is 38.2 Å². The first-order chi connectivity index (χ1) is 17.8. The molecule has 2 aromatic carbocycles. The summed E-state index contributed by atoms with van der Waals surface area (Å²) in [6.45, 7) is 10.3. The fourth-order valence-electron chi connectivity index (χ4n) is 4.56. The number of para-hydroxylation sites is 1. The number of aromatic nitrogens is 1. The number of methoxy groups -OCH3 is 1. The number of carbonyl (C=O) groups excluding carboxylic acids is 1. The molecule has 1 saturated heterocycles. The number of ether oxygens (including phenoxy) is 1. The molecule has 1 fully saturated rings. The molecule has 8 nitrogen and oxygen atoms in total. The molecule has 0 N–H and O–H groups in total. The summed E-state index contributed by atoms with van der Waals surface area (Å²) in [6, 6.07) is 12.0. The third-order valence-corrected chi connectivity index (χ3v) is 10.0. The highest BCUT2D eigenvalue weighted by molar-refractivity contribution is 7.89. The molecule has 2 heterocycles. The number of sulfonamides is 1. The summed E-state index contributed by atoms with van der Waals surface area (Å²) in [7, 11) is -1.97. The van der Waals surface area contributed by atoms with E-state index in [4.69, 9.17) is 9.72 Å². The number of nitrogens with zero attached hydrogens (tertiary/aromatic N) is 4. The Bertz CT molecular complexity index is 1310. The normalized spacial score (nSPS) is 15.4. The van der Waals surface area contributed by atoms with E-state index in [0.717, 1.165) is 36.1 Å². The number of likely N-dealkylation sites (N-methyl/N-ethyl adjacent to an activating group) is 1. The SMILES string of the molecule is CCN(CC)CCN(C(=O)c1ccc(S(=O)(=O)N2CCC(C)CC2)cc1)c1nc2c(OC)cccc2s1. The maximum absolute atomic E-state index is 13.7. The fourth-order valence-corrected chi connectivity index (χ4v) is 7.03. The van der Waals surface area contributed by atoms with E-state index in [9.17, 15) is 13.2 Å². The molecule has 0 radical (unpaired) electrons. The zero-order valence-electron chi connectivity index (χ0n) is 22.0. The maximum atomic E-state index is 13.7. The molecule has 1 aliphatic rings. The van der Waals surface area contributed by atoms with Gasteiger partial charge in [-0.3, -0.25) is 9.69 Å². The summed E-state index contributed by atoms with van der Waals surface area (Å²) in [5, 5.41) is 0.593. The Balaban J connectivity index is 1.62. The number of amides is 1. The zero-order chi connectivity index (χ0) is 26.6. The van der Waals surface area contributed by atoms with E-state index in [0.29, 0.717) is 48.5 Å². The lowest BCUT2D eigenvalue weighted by Crippen LogP contribution is -2.39. The van der Waals surface area contributed by atoms with Gasteiger partial charge < -0.3 is 9.64 Å². The van der Waals surface area contributed by atoms with Gasteiger partial charge in [-0.15, -0.1) is 0 Å². The van der Waals surface area contributed by atoms with Crippen LogP contribution in [0.5, 0.6) is 5.75 Å². The molecule has 200 valence electrons. The van der Waals surface area contributed by atoms with Crippen molar-refractivity contribution in [2.75, 3.05) is 51.3 Å². The van der Waals surface area contributed by atoms with E-state index >= 15 is 0 Å². The second-order valence-corrected chi connectivity index (χ2v) is 12.3. The average Bonchev–Trinajstić information content (AvgIpc) is 3.35. The van der Waals surface area contributed by atoms with Crippen LogP contribution in [0.25, 0.3) is 10.2 Å².